The van der Waals surface area contributed by atoms with Crippen molar-refractivity contribution in [2.75, 3.05) is 13.2 Å². The predicted octanol–water partition coefficient (Wildman–Crippen LogP) is -0.335. The van der Waals surface area contributed by atoms with Crippen molar-refractivity contribution in [1.29, 1.82) is 5.26 Å². The number of fused-ring (bicyclic) bond motifs is 1. The van der Waals surface area contributed by atoms with Crippen LogP contribution in [-0.4, -0.2) is 29.7 Å². The first-order chi connectivity index (χ1) is 13.4. The largest absolute Gasteiger partial charge is 1.00 e. The van der Waals surface area contributed by atoms with E-state index < -0.39 is 29.1 Å². The Morgan fingerprint density at radius 1 is 1.28 bits per heavy atom. The second-order valence-electron chi connectivity index (χ2n) is 6.29. The number of nitrogens with zero attached hydrogens (tertiary/aromatic N) is 2. The summed E-state index contributed by atoms with van der Waals surface area (Å²) in [6, 6.07) is 3.95. The van der Waals surface area contributed by atoms with E-state index in [1.807, 2.05) is 0 Å². The van der Waals surface area contributed by atoms with Crippen molar-refractivity contribution in [2.45, 2.75) is 32.7 Å². The van der Waals surface area contributed by atoms with Gasteiger partial charge in [0.15, 0.2) is 0 Å². The molecule has 1 aromatic carbocycles. The average molecular weight is 408 g/mol. The Kier molecular flexibility index (Phi) is 7.47. The summed E-state index contributed by atoms with van der Waals surface area (Å²) in [7, 11) is 0. The Morgan fingerprint density at radius 2 is 1.93 bits per heavy atom. The number of benzene rings is 1. The summed E-state index contributed by atoms with van der Waals surface area (Å²) >= 11 is 0. The van der Waals surface area contributed by atoms with Crippen LogP contribution in [0.4, 0.5) is 4.39 Å². The van der Waals surface area contributed by atoms with Gasteiger partial charge in [-0.3, -0.25) is 14.0 Å². The van der Waals surface area contributed by atoms with Crippen molar-refractivity contribution in [3.63, 3.8) is 0 Å². The molecule has 0 radical (unpaired) electrons. The summed E-state index contributed by atoms with van der Waals surface area (Å²) in [6.45, 7) is 3.34. The monoisotopic (exact) mass is 408 g/mol. The molecule has 1 saturated carbocycles. The fraction of sp³-hybridized carbons (Fsp3) is 0.350. The zero-order valence-electron chi connectivity index (χ0n) is 16.5. The second-order valence-corrected chi connectivity index (χ2v) is 6.29. The Balaban J connectivity index is 0.00000300. The van der Waals surface area contributed by atoms with Crippen LogP contribution in [0.2, 0.25) is 0 Å². The van der Waals surface area contributed by atoms with Crippen LogP contribution in [0.25, 0.3) is 10.9 Å². The molecule has 0 spiro atoms. The number of pyridine rings is 1. The van der Waals surface area contributed by atoms with Gasteiger partial charge in [0, 0.05) is 35.4 Å². The maximum Gasteiger partial charge on any atom is 1.00 e. The van der Waals surface area contributed by atoms with E-state index in [1.54, 1.807) is 24.5 Å². The topological polar surface area (TPSA) is 98.4 Å². The third kappa shape index (κ3) is 4.47. The Hall–Kier alpha value is -2.34. The first kappa shape index (κ1) is 22.9. The number of carbonyl (C=O) groups is 2. The van der Waals surface area contributed by atoms with Crippen LogP contribution < -0.4 is 35.0 Å². The molecule has 2 aromatic rings. The van der Waals surface area contributed by atoms with E-state index in [-0.39, 0.29) is 65.3 Å². The first-order valence-electron chi connectivity index (χ1n) is 8.92. The van der Waals surface area contributed by atoms with Crippen LogP contribution in [0, 0.1) is 23.1 Å². The van der Waals surface area contributed by atoms with Crippen molar-refractivity contribution in [3.05, 3.63) is 51.4 Å². The zero-order valence-corrected chi connectivity index (χ0v) is 18.5. The van der Waals surface area contributed by atoms with E-state index in [2.05, 4.69) is 0 Å². The quantitative estimate of drug-likeness (QED) is 0.369. The van der Waals surface area contributed by atoms with Crippen LogP contribution >= 0.6 is 0 Å². The van der Waals surface area contributed by atoms with Crippen LogP contribution in [0.5, 0.6) is 0 Å². The van der Waals surface area contributed by atoms with Gasteiger partial charge in [-0.1, -0.05) is 6.07 Å². The minimum absolute atomic E-state index is 0. The summed E-state index contributed by atoms with van der Waals surface area (Å²) in [4.78, 5) is 36.9. The third-order valence-electron chi connectivity index (χ3n) is 4.42. The summed E-state index contributed by atoms with van der Waals surface area (Å²) in [6.07, 6.45) is 3.07. The van der Waals surface area contributed by atoms with Gasteiger partial charge >= 0.3 is 35.5 Å². The summed E-state index contributed by atoms with van der Waals surface area (Å²) in [5.41, 5.74) is -0.742. The van der Waals surface area contributed by atoms with Crippen LogP contribution in [0.1, 0.15) is 48.7 Å². The second kappa shape index (κ2) is 9.44. The molecule has 0 atom stereocenters. The number of hydrogen-bond donors (Lipinski definition) is 0. The molecule has 0 aliphatic heterocycles. The Bertz CT molecular complexity index is 1060. The van der Waals surface area contributed by atoms with E-state index >= 15 is 0 Å². The maximum absolute atomic E-state index is 14.7. The molecule has 1 aliphatic rings. The number of aromatic nitrogens is 1. The van der Waals surface area contributed by atoms with Gasteiger partial charge < -0.3 is 14.0 Å². The molecule has 1 fully saturated rings. The fourth-order valence-electron chi connectivity index (χ4n) is 2.99. The van der Waals surface area contributed by atoms with Gasteiger partial charge in [0.05, 0.1) is 13.2 Å². The SMILES string of the molecule is CCOC(=O)c1cn(C2CC2)c2cc([C-](C#N)C(=O)OCC)c(F)cc2c1=O.[Na+]. The number of ether oxygens (including phenoxy) is 2. The van der Waals surface area contributed by atoms with Crippen molar-refractivity contribution in [1.82, 2.24) is 4.57 Å². The fourth-order valence-corrected chi connectivity index (χ4v) is 2.99. The number of hydrogen-bond acceptors (Lipinski definition) is 6. The number of nitriles is 1. The van der Waals surface area contributed by atoms with E-state index in [4.69, 9.17) is 9.47 Å². The van der Waals surface area contributed by atoms with E-state index in [0.717, 1.165) is 18.9 Å². The molecule has 29 heavy (non-hydrogen) atoms. The summed E-state index contributed by atoms with van der Waals surface area (Å²) in [5, 5.41) is 9.30. The first-order valence-corrected chi connectivity index (χ1v) is 8.92. The van der Waals surface area contributed by atoms with Crippen LogP contribution in [0.3, 0.4) is 0 Å². The smallest absolute Gasteiger partial charge is 0.471 e. The molecule has 0 bridgehead atoms. The summed E-state index contributed by atoms with van der Waals surface area (Å²) < 4.78 is 26.2. The minimum atomic E-state index is -0.938. The molecular weight excluding hydrogens is 390 g/mol. The van der Waals surface area contributed by atoms with Gasteiger partial charge in [-0.25, -0.2) is 10.1 Å². The average Bonchev–Trinajstić information content (AvgIpc) is 3.49. The van der Waals surface area contributed by atoms with Crippen molar-refractivity contribution in [3.8, 4) is 6.07 Å². The normalized spacial score (nSPS) is 12.6. The minimum Gasteiger partial charge on any atom is -0.471 e. The molecule has 1 heterocycles. The number of esters is 2. The van der Waals surface area contributed by atoms with E-state index in [1.165, 1.54) is 12.3 Å². The summed E-state index contributed by atoms with van der Waals surface area (Å²) in [5.74, 6) is -3.11. The molecule has 1 aromatic heterocycles. The molecule has 0 N–H and O–H groups in total. The standard InChI is InChI=1S/C20H18FN2O5.Na/c1-3-27-19(25)14(9-22)12-8-17-13(7-16(12)21)18(24)15(20(26)28-4-2)10-23(17)11-5-6-11;/h7-8,10-11H,3-6H2,1-2H3;/q-1;+1. The van der Waals surface area contributed by atoms with Crippen molar-refractivity contribution < 1.29 is 53.0 Å². The Morgan fingerprint density at radius 3 is 2.48 bits per heavy atom. The van der Waals surface area contributed by atoms with Gasteiger partial charge in [0.1, 0.15) is 5.56 Å². The molecule has 0 saturated heterocycles. The molecule has 0 amide bonds. The van der Waals surface area contributed by atoms with Gasteiger partial charge in [0.2, 0.25) is 5.43 Å². The van der Waals surface area contributed by atoms with Crippen LogP contribution in [-0.2, 0) is 14.3 Å². The number of halogens is 1. The Labute approximate surface area is 188 Å². The number of rotatable bonds is 6. The van der Waals surface area contributed by atoms with Gasteiger partial charge in [-0.2, -0.15) is 0 Å². The van der Waals surface area contributed by atoms with Crippen molar-refractivity contribution in [2.24, 2.45) is 0 Å². The van der Waals surface area contributed by atoms with E-state index in [9.17, 15) is 24.0 Å². The van der Waals surface area contributed by atoms with Gasteiger partial charge in [-0.05, 0) is 32.2 Å². The molecule has 0 unspecified atom stereocenters. The molecule has 3 rings (SSSR count). The zero-order chi connectivity index (χ0) is 20.4. The van der Waals surface area contributed by atoms with Gasteiger partial charge in [-0.15, -0.1) is 11.6 Å². The third-order valence-corrected chi connectivity index (χ3v) is 4.42. The molecule has 1 aliphatic carbocycles. The van der Waals surface area contributed by atoms with Crippen molar-refractivity contribution >= 4 is 22.8 Å². The van der Waals surface area contributed by atoms with E-state index in [0.29, 0.717) is 5.52 Å². The molecule has 9 heteroatoms. The molecule has 146 valence electrons. The van der Waals surface area contributed by atoms with Gasteiger partial charge in [0.25, 0.3) is 5.97 Å². The predicted molar refractivity (Wildman–Crippen MR) is 97.0 cm³/mol. The molecular formula is C20H18FN2NaO5. The van der Waals surface area contributed by atoms with Crippen LogP contribution in [0.15, 0.2) is 23.1 Å². The molecule has 7 nitrogen and oxygen atoms in total. The maximum atomic E-state index is 14.7. The number of carbonyl (C=O) groups excluding carboxylic acids is 2.